The van der Waals surface area contributed by atoms with Crippen molar-refractivity contribution < 1.29 is 0 Å². The van der Waals surface area contributed by atoms with Crippen LogP contribution in [-0.2, 0) is 20.0 Å². The van der Waals surface area contributed by atoms with Crippen LogP contribution in [0, 0.1) is 0 Å². The topological polar surface area (TPSA) is 24.3 Å². The Hall–Kier alpha value is -1.81. The van der Waals surface area contributed by atoms with Gasteiger partial charge in [0, 0.05) is 31.5 Å². The monoisotopic (exact) mass is 284 g/mol. The molecule has 112 valence electrons. The average molecular weight is 284 g/mol. The van der Waals surface area contributed by atoms with E-state index in [0.717, 1.165) is 19.5 Å². The van der Waals surface area contributed by atoms with E-state index in [0.29, 0.717) is 6.04 Å². The number of hydrogen-bond donors (Lipinski definition) is 0. The van der Waals surface area contributed by atoms with Gasteiger partial charge in [-0.05, 0) is 38.6 Å². The van der Waals surface area contributed by atoms with Crippen molar-refractivity contribution in [3.8, 4) is 0 Å². The summed E-state index contributed by atoms with van der Waals surface area (Å²) in [6.07, 6.45) is 6.22. The molecule has 1 unspecified atom stereocenters. The number of imidazole rings is 1. The molecule has 1 atom stereocenters. The maximum atomic E-state index is 4.25. The Morgan fingerprint density at radius 3 is 2.81 bits per heavy atom. The highest BCUT2D eigenvalue weighted by molar-refractivity contribution is 5.55. The van der Waals surface area contributed by atoms with Gasteiger partial charge in [0.25, 0.3) is 0 Å². The van der Waals surface area contributed by atoms with Crippen molar-refractivity contribution in [2.45, 2.75) is 25.4 Å². The van der Waals surface area contributed by atoms with Crippen LogP contribution < -0.4 is 4.90 Å². The lowest BCUT2D eigenvalue weighted by molar-refractivity contribution is 0.283. The number of aryl methyl sites for hydroxylation is 2. The largest absolute Gasteiger partial charge is 0.364 e. The number of para-hydroxylation sites is 1. The summed E-state index contributed by atoms with van der Waals surface area (Å²) in [6, 6.07) is 9.40. The molecular formula is C17H24N4. The van der Waals surface area contributed by atoms with Crippen LogP contribution in [0.15, 0.2) is 36.8 Å². The van der Waals surface area contributed by atoms with E-state index in [2.05, 4.69) is 64.8 Å². The molecular weight excluding hydrogens is 260 g/mol. The van der Waals surface area contributed by atoms with Gasteiger partial charge < -0.3 is 14.4 Å². The van der Waals surface area contributed by atoms with Crippen LogP contribution in [0.1, 0.15) is 17.7 Å². The quantitative estimate of drug-likeness (QED) is 0.864. The summed E-state index contributed by atoms with van der Waals surface area (Å²) in [4.78, 5) is 9.10. The van der Waals surface area contributed by atoms with Crippen molar-refractivity contribution >= 4 is 5.69 Å². The molecule has 0 spiro atoms. The molecule has 0 N–H and O–H groups in total. The smallest absolute Gasteiger partial charge is 0.0946 e. The maximum absolute atomic E-state index is 4.25. The van der Waals surface area contributed by atoms with E-state index < -0.39 is 0 Å². The number of aromatic nitrogens is 2. The summed E-state index contributed by atoms with van der Waals surface area (Å²) in [5, 5.41) is 0. The molecule has 2 aromatic rings. The number of nitrogens with zero attached hydrogens (tertiary/aromatic N) is 4. The lowest BCUT2D eigenvalue weighted by Crippen LogP contribution is -2.39. The van der Waals surface area contributed by atoms with E-state index >= 15 is 0 Å². The molecule has 21 heavy (non-hydrogen) atoms. The fourth-order valence-electron chi connectivity index (χ4n) is 3.10. The summed E-state index contributed by atoms with van der Waals surface area (Å²) in [5.74, 6) is 0. The van der Waals surface area contributed by atoms with Crippen molar-refractivity contribution in [1.29, 1.82) is 0 Å². The highest BCUT2D eigenvalue weighted by Gasteiger charge is 2.23. The van der Waals surface area contributed by atoms with Gasteiger partial charge in [0.15, 0.2) is 0 Å². The minimum Gasteiger partial charge on any atom is -0.364 e. The number of likely N-dealkylation sites (N-methyl/N-ethyl adjacent to an activating group) is 1. The normalized spacial score (nSPS) is 18.7. The van der Waals surface area contributed by atoms with Crippen LogP contribution in [0.25, 0.3) is 0 Å². The van der Waals surface area contributed by atoms with Crippen LogP contribution in [-0.4, -0.2) is 41.1 Å². The first-order valence-corrected chi connectivity index (χ1v) is 7.59. The minimum absolute atomic E-state index is 0.589. The first-order valence-electron chi connectivity index (χ1n) is 7.59. The Labute approximate surface area is 127 Å². The molecule has 0 saturated heterocycles. The van der Waals surface area contributed by atoms with Crippen LogP contribution in [0.5, 0.6) is 0 Å². The first-order chi connectivity index (χ1) is 10.1. The molecule has 0 bridgehead atoms. The van der Waals surface area contributed by atoms with Gasteiger partial charge in [0.1, 0.15) is 0 Å². The van der Waals surface area contributed by atoms with Gasteiger partial charge in [-0.15, -0.1) is 0 Å². The number of hydrogen-bond acceptors (Lipinski definition) is 3. The second kappa shape index (κ2) is 5.90. The molecule has 0 fully saturated rings. The lowest BCUT2D eigenvalue weighted by Gasteiger charge is -2.30. The lowest BCUT2D eigenvalue weighted by atomic mass is 10.1. The van der Waals surface area contributed by atoms with E-state index in [1.165, 1.54) is 23.4 Å². The second-order valence-corrected chi connectivity index (χ2v) is 6.16. The SMILES string of the molecule is CN(C)C1CCc2ccccc2N(Cc2cncn2C)C1. The number of benzene rings is 1. The summed E-state index contributed by atoms with van der Waals surface area (Å²) in [6.45, 7) is 1.98. The Kier molecular flexibility index (Phi) is 3.97. The van der Waals surface area contributed by atoms with Crippen molar-refractivity contribution in [3.63, 3.8) is 0 Å². The fourth-order valence-corrected chi connectivity index (χ4v) is 3.10. The number of fused-ring (bicyclic) bond motifs is 1. The number of rotatable bonds is 3. The van der Waals surface area contributed by atoms with E-state index in [-0.39, 0.29) is 0 Å². The Morgan fingerprint density at radius 1 is 1.29 bits per heavy atom. The average Bonchev–Trinajstić information content (AvgIpc) is 2.77. The molecule has 1 aromatic carbocycles. The zero-order chi connectivity index (χ0) is 14.8. The first kappa shape index (κ1) is 14.1. The molecule has 4 heteroatoms. The van der Waals surface area contributed by atoms with Crippen molar-refractivity contribution in [2.75, 3.05) is 25.5 Å². The molecule has 0 saturated carbocycles. The van der Waals surface area contributed by atoms with Gasteiger partial charge in [0.2, 0.25) is 0 Å². The van der Waals surface area contributed by atoms with E-state index in [1.54, 1.807) is 0 Å². The molecule has 1 aliphatic rings. The Bertz CT molecular complexity index is 602. The van der Waals surface area contributed by atoms with Crippen molar-refractivity contribution in [2.24, 2.45) is 7.05 Å². The molecule has 1 aliphatic heterocycles. The van der Waals surface area contributed by atoms with E-state index in [4.69, 9.17) is 0 Å². The van der Waals surface area contributed by atoms with Gasteiger partial charge in [-0.1, -0.05) is 18.2 Å². The summed E-state index contributed by atoms with van der Waals surface area (Å²) < 4.78 is 2.11. The standard InChI is InChI=1S/C17H24N4/c1-19(2)15-9-8-14-6-4-5-7-17(14)21(11-15)12-16-10-18-13-20(16)3/h4-7,10,13,15H,8-9,11-12H2,1-3H3. The molecule has 0 aliphatic carbocycles. The molecule has 4 nitrogen and oxygen atoms in total. The highest BCUT2D eigenvalue weighted by Crippen LogP contribution is 2.28. The van der Waals surface area contributed by atoms with Crippen molar-refractivity contribution in [3.05, 3.63) is 48.0 Å². The Balaban J connectivity index is 1.92. The van der Waals surface area contributed by atoms with Crippen molar-refractivity contribution in [1.82, 2.24) is 14.5 Å². The maximum Gasteiger partial charge on any atom is 0.0946 e. The third-order valence-corrected chi connectivity index (χ3v) is 4.51. The number of anilines is 1. The third kappa shape index (κ3) is 2.95. The van der Waals surface area contributed by atoms with Gasteiger partial charge in [0.05, 0.1) is 18.6 Å². The third-order valence-electron chi connectivity index (χ3n) is 4.51. The molecule has 0 amide bonds. The van der Waals surface area contributed by atoms with E-state index in [9.17, 15) is 0 Å². The van der Waals surface area contributed by atoms with Gasteiger partial charge >= 0.3 is 0 Å². The predicted octanol–water partition coefficient (Wildman–Crippen LogP) is 2.30. The molecule has 2 heterocycles. The Morgan fingerprint density at radius 2 is 2.10 bits per heavy atom. The van der Waals surface area contributed by atoms with Crippen LogP contribution in [0.2, 0.25) is 0 Å². The fraction of sp³-hybridized carbons (Fsp3) is 0.471. The molecule has 1 aromatic heterocycles. The van der Waals surface area contributed by atoms with E-state index in [1.807, 2.05) is 12.5 Å². The summed E-state index contributed by atoms with van der Waals surface area (Å²) >= 11 is 0. The van der Waals surface area contributed by atoms with Gasteiger partial charge in [-0.2, -0.15) is 0 Å². The predicted molar refractivity (Wildman–Crippen MR) is 86.5 cm³/mol. The zero-order valence-corrected chi connectivity index (χ0v) is 13.2. The summed E-state index contributed by atoms with van der Waals surface area (Å²) in [7, 11) is 6.43. The van der Waals surface area contributed by atoms with Crippen LogP contribution in [0.4, 0.5) is 5.69 Å². The van der Waals surface area contributed by atoms with Gasteiger partial charge in [-0.3, -0.25) is 0 Å². The van der Waals surface area contributed by atoms with Gasteiger partial charge in [-0.25, -0.2) is 4.98 Å². The second-order valence-electron chi connectivity index (χ2n) is 6.16. The van der Waals surface area contributed by atoms with Crippen LogP contribution in [0.3, 0.4) is 0 Å². The highest BCUT2D eigenvalue weighted by atomic mass is 15.2. The zero-order valence-electron chi connectivity index (χ0n) is 13.2. The van der Waals surface area contributed by atoms with Crippen LogP contribution >= 0.6 is 0 Å². The molecule has 3 rings (SSSR count). The molecule has 0 radical (unpaired) electrons. The summed E-state index contributed by atoms with van der Waals surface area (Å²) in [5.41, 5.74) is 4.09. The minimum atomic E-state index is 0.589.